The second-order valence-electron chi connectivity index (χ2n) is 3.90. The Labute approximate surface area is 84.8 Å². The molecule has 1 unspecified atom stereocenters. The van der Waals surface area contributed by atoms with Crippen LogP contribution < -0.4 is 0 Å². The van der Waals surface area contributed by atoms with Crippen molar-refractivity contribution in [1.82, 2.24) is 0 Å². The van der Waals surface area contributed by atoms with Gasteiger partial charge in [-0.1, -0.05) is 30.3 Å². The van der Waals surface area contributed by atoms with Crippen molar-refractivity contribution in [2.24, 2.45) is 0 Å². The zero-order chi connectivity index (χ0) is 10.0. The van der Waals surface area contributed by atoms with Crippen LogP contribution in [0.5, 0.6) is 0 Å². The average molecular weight is 191 g/mol. The van der Waals surface area contributed by atoms with Crippen molar-refractivity contribution in [3.05, 3.63) is 42.3 Å². The lowest BCUT2D eigenvalue weighted by Crippen LogP contribution is -2.36. The molecule has 2 heteroatoms. The maximum atomic E-state index is 5.78. The zero-order valence-electron chi connectivity index (χ0n) is 8.57. The zero-order valence-corrected chi connectivity index (χ0v) is 8.57. The highest BCUT2D eigenvalue weighted by Gasteiger charge is 2.30. The summed E-state index contributed by atoms with van der Waals surface area (Å²) in [6, 6.07) is 10.2. The van der Waals surface area contributed by atoms with Crippen LogP contribution in [0.3, 0.4) is 0 Å². The maximum Gasteiger partial charge on any atom is 0.163 e. The molecule has 0 spiro atoms. The summed E-state index contributed by atoms with van der Waals surface area (Å²) in [5, 5.41) is 0. The molecule has 1 radical (unpaired) electrons. The summed E-state index contributed by atoms with van der Waals surface area (Å²) in [7, 11) is 0. The number of rotatable bonds is 1. The van der Waals surface area contributed by atoms with Gasteiger partial charge in [-0.15, -0.1) is 0 Å². The molecular formula is C12H15O2. The van der Waals surface area contributed by atoms with E-state index in [0.29, 0.717) is 6.61 Å². The molecule has 0 N–H and O–H groups in total. The Morgan fingerprint density at radius 2 is 1.93 bits per heavy atom. The standard InChI is InChI=1S/C12H15O2/c1-12(2)13-9-8-11(14-12)10-6-4-3-5-7-10/h3-8,11H,9H2,1-2H3. The van der Waals surface area contributed by atoms with Gasteiger partial charge in [0.05, 0.1) is 12.7 Å². The van der Waals surface area contributed by atoms with E-state index in [-0.39, 0.29) is 6.10 Å². The van der Waals surface area contributed by atoms with Crippen molar-refractivity contribution >= 4 is 0 Å². The van der Waals surface area contributed by atoms with Crippen LogP contribution >= 0.6 is 0 Å². The van der Waals surface area contributed by atoms with Crippen LogP contribution in [0.4, 0.5) is 0 Å². The van der Waals surface area contributed by atoms with E-state index in [1.54, 1.807) is 0 Å². The van der Waals surface area contributed by atoms with E-state index in [1.165, 1.54) is 5.56 Å². The van der Waals surface area contributed by atoms with E-state index >= 15 is 0 Å². The predicted octanol–water partition coefficient (Wildman–Crippen LogP) is 2.71. The molecule has 1 aliphatic heterocycles. The van der Waals surface area contributed by atoms with Crippen LogP contribution in [0.2, 0.25) is 0 Å². The summed E-state index contributed by atoms with van der Waals surface area (Å²) >= 11 is 0. The minimum atomic E-state index is -0.477. The second-order valence-corrected chi connectivity index (χ2v) is 3.90. The number of hydrogen-bond donors (Lipinski definition) is 0. The van der Waals surface area contributed by atoms with Crippen molar-refractivity contribution in [1.29, 1.82) is 0 Å². The predicted molar refractivity (Wildman–Crippen MR) is 54.6 cm³/mol. The first-order valence-corrected chi connectivity index (χ1v) is 4.87. The lowest BCUT2D eigenvalue weighted by atomic mass is 10.1. The van der Waals surface area contributed by atoms with Gasteiger partial charge in [0.15, 0.2) is 5.79 Å². The fraction of sp³-hybridized carbons (Fsp3) is 0.417. The first kappa shape index (κ1) is 9.69. The SMILES string of the molecule is CC1(C)OC[CH]C(c2ccccc2)O1. The van der Waals surface area contributed by atoms with E-state index in [0.717, 1.165) is 0 Å². The average Bonchev–Trinajstić information content (AvgIpc) is 2.18. The Balaban J connectivity index is 2.12. The van der Waals surface area contributed by atoms with Gasteiger partial charge in [-0.25, -0.2) is 0 Å². The van der Waals surface area contributed by atoms with Crippen molar-refractivity contribution in [3.8, 4) is 0 Å². The molecule has 0 amide bonds. The second kappa shape index (κ2) is 3.71. The Kier molecular flexibility index (Phi) is 2.57. The fourth-order valence-corrected chi connectivity index (χ4v) is 1.57. The maximum absolute atomic E-state index is 5.78. The van der Waals surface area contributed by atoms with Gasteiger partial charge in [0.1, 0.15) is 0 Å². The molecule has 75 valence electrons. The van der Waals surface area contributed by atoms with Gasteiger partial charge in [0, 0.05) is 6.42 Å². The highest BCUT2D eigenvalue weighted by Crippen LogP contribution is 2.31. The quantitative estimate of drug-likeness (QED) is 0.679. The number of benzene rings is 1. The topological polar surface area (TPSA) is 18.5 Å². The summed E-state index contributed by atoms with van der Waals surface area (Å²) < 4.78 is 11.2. The summed E-state index contributed by atoms with van der Waals surface area (Å²) in [4.78, 5) is 0. The Hall–Kier alpha value is -0.860. The summed E-state index contributed by atoms with van der Waals surface area (Å²) in [6.45, 7) is 4.53. The van der Waals surface area contributed by atoms with Crippen LogP contribution in [-0.2, 0) is 9.47 Å². The van der Waals surface area contributed by atoms with Crippen molar-refractivity contribution in [2.45, 2.75) is 25.7 Å². The van der Waals surface area contributed by atoms with Crippen LogP contribution in [0.25, 0.3) is 0 Å². The van der Waals surface area contributed by atoms with Crippen molar-refractivity contribution in [2.75, 3.05) is 6.61 Å². The van der Waals surface area contributed by atoms with Crippen LogP contribution in [0.15, 0.2) is 30.3 Å². The van der Waals surface area contributed by atoms with Crippen molar-refractivity contribution < 1.29 is 9.47 Å². The largest absolute Gasteiger partial charge is 0.350 e. The molecule has 0 aromatic heterocycles. The van der Waals surface area contributed by atoms with E-state index in [4.69, 9.17) is 9.47 Å². The highest BCUT2D eigenvalue weighted by atomic mass is 16.7. The normalized spacial score (nSPS) is 26.0. The monoisotopic (exact) mass is 191 g/mol. The Morgan fingerprint density at radius 3 is 2.57 bits per heavy atom. The van der Waals surface area contributed by atoms with Crippen LogP contribution in [0, 0.1) is 6.42 Å². The molecule has 2 nitrogen and oxygen atoms in total. The van der Waals surface area contributed by atoms with Gasteiger partial charge in [-0.05, 0) is 19.4 Å². The van der Waals surface area contributed by atoms with Crippen LogP contribution in [-0.4, -0.2) is 12.4 Å². The molecule has 1 aliphatic rings. The molecule has 1 heterocycles. The van der Waals surface area contributed by atoms with Crippen LogP contribution in [0.1, 0.15) is 25.5 Å². The van der Waals surface area contributed by atoms with Gasteiger partial charge in [0.2, 0.25) is 0 Å². The van der Waals surface area contributed by atoms with Gasteiger partial charge < -0.3 is 9.47 Å². The number of hydrogen-bond acceptors (Lipinski definition) is 2. The first-order valence-electron chi connectivity index (χ1n) is 4.87. The molecule has 1 aromatic carbocycles. The molecule has 2 rings (SSSR count). The van der Waals surface area contributed by atoms with Gasteiger partial charge in [-0.2, -0.15) is 0 Å². The summed E-state index contributed by atoms with van der Waals surface area (Å²) in [5.41, 5.74) is 1.18. The van der Waals surface area contributed by atoms with E-state index < -0.39 is 5.79 Å². The molecular weight excluding hydrogens is 176 g/mol. The lowest BCUT2D eigenvalue weighted by molar-refractivity contribution is -0.256. The Morgan fingerprint density at radius 1 is 1.21 bits per heavy atom. The lowest BCUT2D eigenvalue weighted by Gasteiger charge is -2.35. The fourth-order valence-electron chi connectivity index (χ4n) is 1.57. The molecule has 0 aliphatic carbocycles. The van der Waals surface area contributed by atoms with E-state index in [1.807, 2.05) is 38.5 Å². The van der Waals surface area contributed by atoms with Gasteiger partial charge >= 0.3 is 0 Å². The van der Waals surface area contributed by atoms with E-state index in [9.17, 15) is 0 Å². The molecule has 1 aromatic rings. The van der Waals surface area contributed by atoms with Crippen molar-refractivity contribution in [3.63, 3.8) is 0 Å². The Bertz CT molecular complexity index is 292. The molecule has 0 saturated carbocycles. The third kappa shape index (κ3) is 2.14. The molecule has 1 atom stereocenters. The minimum absolute atomic E-state index is 0.0555. The molecule has 1 saturated heterocycles. The molecule has 14 heavy (non-hydrogen) atoms. The minimum Gasteiger partial charge on any atom is -0.350 e. The molecule has 1 fully saturated rings. The third-order valence-electron chi connectivity index (χ3n) is 2.28. The van der Waals surface area contributed by atoms with Gasteiger partial charge in [-0.3, -0.25) is 0 Å². The van der Waals surface area contributed by atoms with Gasteiger partial charge in [0.25, 0.3) is 0 Å². The number of ether oxygens (including phenoxy) is 2. The van der Waals surface area contributed by atoms with E-state index in [2.05, 4.69) is 12.1 Å². The summed E-state index contributed by atoms with van der Waals surface area (Å²) in [5.74, 6) is -0.477. The summed E-state index contributed by atoms with van der Waals surface area (Å²) in [6.07, 6.45) is 2.10. The third-order valence-corrected chi connectivity index (χ3v) is 2.28. The smallest absolute Gasteiger partial charge is 0.163 e. The highest BCUT2D eigenvalue weighted by molar-refractivity contribution is 5.20. The first-order chi connectivity index (χ1) is 6.67. The molecule has 0 bridgehead atoms.